The maximum atomic E-state index is 11.8. The Balaban J connectivity index is 2.32. The van der Waals surface area contributed by atoms with Gasteiger partial charge in [0.05, 0.1) is 12.0 Å². The molecule has 0 saturated heterocycles. The van der Waals surface area contributed by atoms with E-state index in [1.807, 2.05) is 12.1 Å². The van der Waals surface area contributed by atoms with Crippen LogP contribution >= 0.6 is 0 Å². The Hall–Kier alpha value is -1.92. The third-order valence-corrected chi connectivity index (χ3v) is 6.95. The molecule has 1 aliphatic carbocycles. The van der Waals surface area contributed by atoms with Crippen molar-refractivity contribution in [3.05, 3.63) is 34.9 Å². The fourth-order valence-electron chi connectivity index (χ4n) is 5.31. The van der Waals surface area contributed by atoms with Gasteiger partial charge in [-0.1, -0.05) is 40.7 Å². The molecule has 0 heterocycles. The van der Waals surface area contributed by atoms with E-state index in [9.17, 15) is 14.7 Å². The van der Waals surface area contributed by atoms with Crippen LogP contribution in [0.15, 0.2) is 18.2 Å². The summed E-state index contributed by atoms with van der Waals surface area (Å²) in [6.07, 6.45) is 3.67. The molecule has 0 saturated carbocycles. The number of nitrogens with one attached hydrogen (secondary N) is 1. The SMILES string of the molecule is CCC1(CC)c2cc(C(N)=O)ccc2C[C@H](OC)[C@H]1NCCC(CC(C)(C)C)C(=O)O. The lowest BCUT2D eigenvalue weighted by Crippen LogP contribution is -2.59. The predicted molar refractivity (Wildman–Crippen MR) is 123 cm³/mol. The van der Waals surface area contributed by atoms with E-state index in [1.54, 1.807) is 13.2 Å². The lowest BCUT2D eigenvalue weighted by Gasteiger charge is -2.49. The quantitative estimate of drug-likeness (QED) is 0.520. The van der Waals surface area contributed by atoms with Crippen molar-refractivity contribution in [2.45, 2.75) is 84.3 Å². The second-order valence-electron chi connectivity index (χ2n) is 10.1. The van der Waals surface area contributed by atoms with E-state index in [1.165, 1.54) is 5.56 Å². The van der Waals surface area contributed by atoms with Crippen molar-refractivity contribution >= 4 is 11.9 Å². The first kappa shape index (κ1) is 25.3. The Kier molecular flexibility index (Phi) is 8.28. The van der Waals surface area contributed by atoms with Crippen molar-refractivity contribution in [2.24, 2.45) is 17.1 Å². The molecule has 31 heavy (non-hydrogen) atoms. The van der Waals surface area contributed by atoms with Crippen LogP contribution < -0.4 is 11.1 Å². The molecule has 4 N–H and O–H groups in total. The lowest BCUT2D eigenvalue weighted by molar-refractivity contribution is -0.143. The number of carboxylic acids is 1. The second-order valence-corrected chi connectivity index (χ2v) is 10.1. The Morgan fingerprint density at radius 2 is 1.94 bits per heavy atom. The molecule has 2 rings (SSSR count). The van der Waals surface area contributed by atoms with Crippen molar-refractivity contribution in [3.63, 3.8) is 0 Å². The monoisotopic (exact) mass is 432 g/mol. The molecule has 1 aromatic rings. The maximum Gasteiger partial charge on any atom is 0.306 e. The standard InChI is InChI=1S/C25H40N2O4/c1-7-25(8-2)19-13-17(22(26)28)10-9-16(19)14-20(31-6)21(25)27-12-11-18(23(29)30)15-24(3,4)5/h9-10,13,18,20-21,27H,7-8,11-12,14-15H2,1-6H3,(H2,26,28)(H,29,30)/t18?,20-,21+/m0/s1. The van der Waals surface area contributed by atoms with Crippen molar-refractivity contribution in [2.75, 3.05) is 13.7 Å². The molecule has 0 fully saturated rings. The number of carbonyl (C=O) groups excluding carboxylic acids is 1. The highest BCUT2D eigenvalue weighted by molar-refractivity contribution is 5.93. The number of aliphatic carboxylic acids is 1. The van der Waals surface area contributed by atoms with Crippen molar-refractivity contribution in [1.29, 1.82) is 0 Å². The van der Waals surface area contributed by atoms with E-state index in [2.05, 4.69) is 39.9 Å². The number of carboxylic acid groups (broad SMARTS) is 1. The molecule has 174 valence electrons. The molecule has 1 unspecified atom stereocenters. The molecule has 6 nitrogen and oxygen atoms in total. The van der Waals surface area contributed by atoms with Gasteiger partial charge in [0.1, 0.15) is 0 Å². The third kappa shape index (κ3) is 5.66. The Morgan fingerprint density at radius 1 is 1.29 bits per heavy atom. The summed E-state index contributed by atoms with van der Waals surface area (Å²) in [5.41, 5.74) is 8.18. The van der Waals surface area contributed by atoms with E-state index < -0.39 is 11.9 Å². The number of hydrogen-bond acceptors (Lipinski definition) is 4. The molecule has 0 aliphatic heterocycles. The minimum Gasteiger partial charge on any atom is -0.481 e. The number of hydrogen-bond donors (Lipinski definition) is 3. The number of benzene rings is 1. The van der Waals surface area contributed by atoms with E-state index in [0.29, 0.717) is 24.9 Å². The van der Waals surface area contributed by atoms with Gasteiger partial charge in [0, 0.05) is 30.6 Å². The molecule has 0 bridgehead atoms. The molecule has 6 heteroatoms. The van der Waals surface area contributed by atoms with Crippen LogP contribution in [0.1, 0.15) is 81.8 Å². The van der Waals surface area contributed by atoms with Crippen molar-refractivity contribution in [3.8, 4) is 0 Å². The first-order chi connectivity index (χ1) is 14.5. The molecule has 0 radical (unpaired) electrons. The fourth-order valence-corrected chi connectivity index (χ4v) is 5.31. The average molecular weight is 433 g/mol. The fraction of sp³-hybridized carbons (Fsp3) is 0.680. The van der Waals surface area contributed by atoms with Crippen LogP contribution in [0.3, 0.4) is 0 Å². The van der Waals surface area contributed by atoms with E-state index in [-0.39, 0.29) is 28.9 Å². The first-order valence-corrected chi connectivity index (χ1v) is 11.4. The zero-order chi connectivity index (χ0) is 23.4. The van der Waals surface area contributed by atoms with Gasteiger partial charge in [-0.2, -0.15) is 0 Å². The van der Waals surface area contributed by atoms with E-state index in [0.717, 1.165) is 24.8 Å². The minimum absolute atomic E-state index is 0.0206. The molecule has 1 aliphatic rings. The van der Waals surface area contributed by atoms with Gasteiger partial charge in [-0.3, -0.25) is 9.59 Å². The van der Waals surface area contributed by atoms with Crippen LogP contribution in [-0.4, -0.2) is 42.8 Å². The first-order valence-electron chi connectivity index (χ1n) is 11.4. The number of nitrogens with two attached hydrogens (primary N) is 1. The average Bonchev–Trinajstić information content (AvgIpc) is 2.70. The van der Waals surface area contributed by atoms with Crippen LogP contribution in [-0.2, 0) is 21.4 Å². The van der Waals surface area contributed by atoms with E-state index >= 15 is 0 Å². The van der Waals surface area contributed by atoms with Crippen molar-refractivity contribution in [1.82, 2.24) is 5.32 Å². The highest BCUT2D eigenvalue weighted by Gasteiger charge is 2.46. The van der Waals surface area contributed by atoms with Crippen LogP contribution in [0, 0.1) is 11.3 Å². The summed E-state index contributed by atoms with van der Waals surface area (Å²) in [4.78, 5) is 23.6. The summed E-state index contributed by atoms with van der Waals surface area (Å²) in [5.74, 6) is -1.55. The zero-order valence-electron chi connectivity index (χ0n) is 20.0. The largest absolute Gasteiger partial charge is 0.481 e. The van der Waals surface area contributed by atoms with Crippen LogP contribution in [0.25, 0.3) is 0 Å². The number of rotatable bonds is 10. The molecular weight excluding hydrogens is 392 g/mol. The highest BCUT2D eigenvalue weighted by atomic mass is 16.5. The smallest absolute Gasteiger partial charge is 0.306 e. The molecule has 0 aromatic heterocycles. The maximum absolute atomic E-state index is 11.8. The van der Waals surface area contributed by atoms with Gasteiger partial charge in [-0.05, 0) is 60.9 Å². The summed E-state index contributed by atoms with van der Waals surface area (Å²) in [6.45, 7) is 11.2. The number of fused-ring (bicyclic) bond motifs is 1. The minimum atomic E-state index is -0.739. The highest BCUT2D eigenvalue weighted by Crippen LogP contribution is 2.44. The number of amides is 1. The molecule has 1 aromatic carbocycles. The number of carbonyl (C=O) groups is 2. The number of methoxy groups -OCH3 is 1. The number of ether oxygens (including phenoxy) is 1. The van der Waals surface area contributed by atoms with Gasteiger partial charge in [-0.25, -0.2) is 0 Å². The summed E-state index contributed by atoms with van der Waals surface area (Å²) in [7, 11) is 1.73. The molecule has 3 atom stereocenters. The van der Waals surface area contributed by atoms with Crippen LogP contribution in [0.4, 0.5) is 0 Å². The summed E-state index contributed by atoms with van der Waals surface area (Å²) >= 11 is 0. The van der Waals surface area contributed by atoms with Crippen LogP contribution in [0.5, 0.6) is 0 Å². The normalized spacial score (nSPS) is 21.4. The Bertz CT molecular complexity index is 780. The van der Waals surface area contributed by atoms with Gasteiger partial charge in [-0.15, -0.1) is 0 Å². The van der Waals surface area contributed by atoms with Gasteiger partial charge in [0.15, 0.2) is 0 Å². The summed E-state index contributed by atoms with van der Waals surface area (Å²) < 4.78 is 5.91. The Labute approximate surface area is 186 Å². The predicted octanol–water partition coefficient (Wildman–Crippen LogP) is 3.90. The van der Waals surface area contributed by atoms with Gasteiger partial charge in [0.25, 0.3) is 0 Å². The third-order valence-electron chi connectivity index (χ3n) is 6.95. The van der Waals surface area contributed by atoms with Gasteiger partial charge < -0.3 is 20.9 Å². The van der Waals surface area contributed by atoms with Crippen molar-refractivity contribution < 1.29 is 19.4 Å². The summed E-state index contributed by atoms with van der Waals surface area (Å²) in [6, 6.07) is 5.76. The second kappa shape index (κ2) is 10.1. The van der Waals surface area contributed by atoms with Crippen LogP contribution in [0.2, 0.25) is 0 Å². The summed E-state index contributed by atoms with van der Waals surface area (Å²) in [5, 5.41) is 13.4. The lowest BCUT2D eigenvalue weighted by atomic mass is 9.62. The van der Waals surface area contributed by atoms with Gasteiger partial charge in [0.2, 0.25) is 5.91 Å². The van der Waals surface area contributed by atoms with E-state index in [4.69, 9.17) is 10.5 Å². The van der Waals surface area contributed by atoms with Gasteiger partial charge >= 0.3 is 5.97 Å². The Morgan fingerprint density at radius 3 is 2.42 bits per heavy atom. The molecular formula is C25H40N2O4. The molecule has 1 amide bonds. The number of primary amides is 1. The zero-order valence-corrected chi connectivity index (χ0v) is 20.0. The molecule has 0 spiro atoms. The topological polar surface area (TPSA) is 102 Å².